The molecular formula is C14H26N2O2. The van der Waals surface area contributed by atoms with E-state index in [1.807, 2.05) is 0 Å². The third-order valence-electron chi connectivity index (χ3n) is 4.78. The smallest absolute Gasteiger partial charge is 0.225 e. The maximum atomic E-state index is 12.3. The third kappa shape index (κ3) is 2.86. The van der Waals surface area contributed by atoms with E-state index in [2.05, 4.69) is 24.5 Å². The molecule has 3 N–H and O–H groups in total. The fraction of sp³-hybridized carbons (Fsp3) is 0.929. The van der Waals surface area contributed by atoms with Crippen molar-refractivity contribution in [3.63, 3.8) is 0 Å². The second-order valence-corrected chi connectivity index (χ2v) is 6.35. The van der Waals surface area contributed by atoms with E-state index in [1.54, 1.807) is 0 Å². The van der Waals surface area contributed by atoms with Crippen LogP contribution in [-0.4, -0.2) is 36.2 Å². The minimum atomic E-state index is -0.355. The Hall–Kier alpha value is -0.610. The molecule has 1 saturated heterocycles. The minimum absolute atomic E-state index is 0.0628. The highest BCUT2D eigenvalue weighted by Crippen LogP contribution is 2.32. The van der Waals surface area contributed by atoms with E-state index in [1.165, 1.54) is 0 Å². The normalized spacial score (nSPS) is 40.7. The average molecular weight is 254 g/mol. The van der Waals surface area contributed by atoms with Crippen molar-refractivity contribution in [2.45, 2.75) is 45.1 Å². The van der Waals surface area contributed by atoms with Gasteiger partial charge in [0.2, 0.25) is 5.91 Å². The summed E-state index contributed by atoms with van der Waals surface area (Å²) in [6.07, 6.45) is 4.01. The third-order valence-corrected chi connectivity index (χ3v) is 4.78. The Bertz CT molecular complexity index is 298. The molecule has 1 aliphatic heterocycles. The van der Waals surface area contributed by atoms with Gasteiger partial charge in [-0.3, -0.25) is 4.79 Å². The Morgan fingerprint density at radius 2 is 2.00 bits per heavy atom. The fourth-order valence-electron chi connectivity index (χ4n) is 3.15. The first-order valence-electron chi connectivity index (χ1n) is 7.20. The lowest BCUT2D eigenvalue weighted by Crippen LogP contribution is -2.55. The number of rotatable bonds is 3. The predicted molar refractivity (Wildman–Crippen MR) is 71.1 cm³/mol. The molecule has 0 radical (unpaired) electrons. The van der Waals surface area contributed by atoms with Crippen molar-refractivity contribution >= 4 is 5.91 Å². The van der Waals surface area contributed by atoms with E-state index in [0.717, 1.165) is 38.8 Å². The van der Waals surface area contributed by atoms with Crippen LogP contribution in [0.2, 0.25) is 0 Å². The molecule has 0 aromatic heterocycles. The first-order valence-corrected chi connectivity index (χ1v) is 7.20. The van der Waals surface area contributed by atoms with Gasteiger partial charge in [0.05, 0.1) is 18.1 Å². The molecule has 0 aromatic carbocycles. The van der Waals surface area contributed by atoms with E-state index in [4.69, 9.17) is 0 Å². The molecular weight excluding hydrogens is 228 g/mol. The number of carbonyl (C=O) groups excluding carboxylic acids is 1. The molecule has 1 aliphatic carbocycles. The average Bonchev–Trinajstić information content (AvgIpc) is 2.79. The zero-order chi connectivity index (χ0) is 13.2. The lowest BCUT2D eigenvalue weighted by Gasteiger charge is -2.39. The molecule has 4 heteroatoms. The number of aliphatic hydroxyl groups excluding tert-OH is 1. The fourth-order valence-corrected chi connectivity index (χ4v) is 3.15. The van der Waals surface area contributed by atoms with Crippen molar-refractivity contribution in [1.29, 1.82) is 0 Å². The van der Waals surface area contributed by atoms with Gasteiger partial charge in [0.1, 0.15) is 0 Å². The van der Waals surface area contributed by atoms with Gasteiger partial charge in [-0.25, -0.2) is 0 Å². The number of hydrogen-bond donors (Lipinski definition) is 3. The van der Waals surface area contributed by atoms with E-state index in [9.17, 15) is 9.90 Å². The first-order chi connectivity index (χ1) is 8.56. The maximum Gasteiger partial charge on any atom is 0.225 e. The molecule has 104 valence electrons. The Labute approximate surface area is 110 Å². The summed E-state index contributed by atoms with van der Waals surface area (Å²) in [5, 5.41) is 16.1. The van der Waals surface area contributed by atoms with Crippen LogP contribution in [0.1, 0.15) is 39.5 Å². The molecule has 2 atom stereocenters. The van der Waals surface area contributed by atoms with Crippen molar-refractivity contribution in [2.24, 2.45) is 17.8 Å². The van der Waals surface area contributed by atoms with E-state index in [0.29, 0.717) is 11.8 Å². The molecule has 1 amide bonds. The van der Waals surface area contributed by atoms with E-state index < -0.39 is 0 Å². The standard InChI is InChI=1S/C14H26N2O2/c1-10-3-5-14(9-17,6-4-10)16-13(18)12-8-15-7-11(12)2/h10-12,15,17H,3-9H2,1-2H3,(H,16,18). The summed E-state index contributed by atoms with van der Waals surface area (Å²) in [4.78, 5) is 12.3. The quantitative estimate of drug-likeness (QED) is 0.701. The van der Waals surface area contributed by atoms with Crippen LogP contribution in [0.3, 0.4) is 0 Å². The van der Waals surface area contributed by atoms with Crippen molar-refractivity contribution in [2.75, 3.05) is 19.7 Å². The van der Waals surface area contributed by atoms with Crippen LogP contribution in [0.5, 0.6) is 0 Å². The first kappa shape index (κ1) is 13.8. The second-order valence-electron chi connectivity index (χ2n) is 6.35. The molecule has 0 spiro atoms. The summed E-state index contributed by atoms with van der Waals surface area (Å²) in [5.74, 6) is 1.29. The molecule has 0 bridgehead atoms. The number of aliphatic hydroxyl groups is 1. The highest BCUT2D eigenvalue weighted by molar-refractivity contribution is 5.80. The molecule has 2 aliphatic rings. The lowest BCUT2D eigenvalue weighted by atomic mass is 9.77. The summed E-state index contributed by atoms with van der Waals surface area (Å²) in [6.45, 7) is 6.11. The van der Waals surface area contributed by atoms with Crippen LogP contribution in [-0.2, 0) is 4.79 Å². The summed E-state index contributed by atoms with van der Waals surface area (Å²) >= 11 is 0. The van der Waals surface area contributed by atoms with Crippen LogP contribution in [0.4, 0.5) is 0 Å². The van der Waals surface area contributed by atoms with Crippen LogP contribution in [0.15, 0.2) is 0 Å². The number of amides is 1. The number of nitrogens with one attached hydrogen (secondary N) is 2. The number of hydrogen-bond acceptors (Lipinski definition) is 3. The summed E-state index contributed by atoms with van der Waals surface area (Å²) in [6, 6.07) is 0. The molecule has 1 heterocycles. The summed E-state index contributed by atoms with van der Waals surface area (Å²) in [7, 11) is 0. The molecule has 1 saturated carbocycles. The highest BCUT2D eigenvalue weighted by Gasteiger charge is 2.38. The Morgan fingerprint density at radius 1 is 1.33 bits per heavy atom. The van der Waals surface area contributed by atoms with Crippen molar-refractivity contribution in [1.82, 2.24) is 10.6 Å². The zero-order valence-corrected chi connectivity index (χ0v) is 11.5. The van der Waals surface area contributed by atoms with Crippen LogP contribution in [0, 0.1) is 17.8 Å². The van der Waals surface area contributed by atoms with Crippen LogP contribution in [0.25, 0.3) is 0 Å². The van der Waals surface area contributed by atoms with Crippen LogP contribution < -0.4 is 10.6 Å². The molecule has 2 unspecified atom stereocenters. The molecule has 18 heavy (non-hydrogen) atoms. The van der Waals surface area contributed by atoms with Gasteiger partial charge in [0.15, 0.2) is 0 Å². The minimum Gasteiger partial charge on any atom is -0.394 e. The van der Waals surface area contributed by atoms with Gasteiger partial charge >= 0.3 is 0 Å². The largest absolute Gasteiger partial charge is 0.394 e. The van der Waals surface area contributed by atoms with Gasteiger partial charge < -0.3 is 15.7 Å². The monoisotopic (exact) mass is 254 g/mol. The number of carbonyl (C=O) groups is 1. The Morgan fingerprint density at radius 3 is 2.50 bits per heavy atom. The van der Waals surface area contributed by atoms with Crippen molar-refractivity contribution < 1.29 is 9.90 Å². The van der Waals surface area contributed by atoms with Crippen molar-refractivity contribution in [3.05, 3.63) is 0 Å². The Balaban J connectivity index is 1.95. The van der Waals surface area contributed by atoms with Gasteiger partial charge in [-0.15, -0.1) is 0 Å². The highest BCUT2D eigenvalue weighted by atomic mass is 16.3. The van der Waals surface area contributed by atoms with E-state index in [-0.39, 0.29) is 24.0 Å². The van der Waals surface area contributed by atoms with E-state index >= 15 is 0 Å². The maximum absolute atomic E-state index is 12.3. The predicted octanol–water partition coefficient (Wildman–Crippen LogP) is 0.899. The van der Waals surface area contributed by atoms with Gasteiger partial charge in [0.25, 0.3) is 0 Å². The second kappa shape index (κ2) is 5.57. The van der Waals surface area contributed by atoms with Gasteiger partial charge in [0, 0.05) is 6.54 Å². The zero-order valence-electron chi connectivity index (χ0n) is 11.5. The summed E-state index contributed by atoms with van der Waals surface area (Å²) in [5.41, 5.74) is -0.355. The SMILES string of the molecule is CC1CCC(CO)(NC(=O)C2CNCC2C)CC1. The van der Waals surface area contributed by atoms with Gasteiger partial charge in [-0.05, 0) is 44.1 Å². The molecule has 2 fully saturated rings. The van der Waals surface area contributed by atoms with Gasteiger partial charge in [-0.1, -0.05) is 13.8 Å². The molecule has 2 rings (SSSR count). The topological polar surface area (TPSA) is 61.4 Å². The Kier molecular flexibility index (Phi) is 4.28. The molecule has 0 aromatic rings. The summed E-state index contributed by atoms with van der Waals surface area (Å²) < 4.78 is 0. The van der Waals surface area contributed by atoms with Crippen LogP contribution >= 0.6 is 0 Å². The molecule has 4 nitrogen and oxygen atoms in total. The lowest BCUT2D eigenvalue weighted by molar-refractivity contribution is -0.128. The van der Waals surface area contributed by atoms with Gasteiger partial charge in [-0.2, -0.15) is 0 Å². The van der Waals surface area contributed by atoms with Crippen molar-refractivity contribution in [3.8, 4) is 0 Å².